The van der Waals surface area contributed by atoms with Crippen LogP contribution in [0.2, 0.25) is 0 Å². The van der Waals surface area contributed by atoms with Gasteiger partial charge in [0.25, 0.3) is 0 Å². The third-order valence-corrected chi connectivity index (χ3v) is 3.91. The summed E-state index contributed by atoms with van der Waals surface area (Å²) in [7, 11) is 0. The Kier molecular flexibility index (Phi) is 6.80. The maximum absolute atomic E-state index is 12.5. The van der Waals surface area contributed by atoms with E-state index in [1.807, 2.05) is 45.4 Å². The topological polar surface area (TPSA) is 67.2 Å². The van der Waals surface area contributed by atoms with E-state index in [4.69, 9.17) is 5.10 Å². The Balaban J connectivity index is 2.99. The molecule has 1 heterocycles. The number of nitrogens with one attached hydrogen (secondary N) is 1. The fourth-order valence-electron chi connectivity index (χ4n) is 2.45. The van der Waals surface area contributed by atoms with E-state index in [1.54, 1.807) is 4.90 Å². The van der Waals surface area contributed by atoms with Crippen molar-refractivity contribution in [1.82, 2.24) is 14.7 Å². The zero-order chi connectivity index (χ0) is 19.4. The molecule has 0 radical (unpaired) electrons. The zero-order valence-corrected chi connectivity index (χ0v) is 17.1. The Labute approximate surface area is 152 Å². The minimum atomic E-state index is -0.255. The molecule has 0 aliphatic heterocycles. The summed E-state index contributed by atoms with van der Waals surface area (Å²) in [5.41, 5.74) is 0.559. The summed E-state index contributed by atoms with van der Waals surface area (Å²) in [5.74, 6) is 0.485. The van der Waals surface area contributed by atoms with Crippen LogP contribution < -0.4 is 5.32 Å². The molecule has 0 bridgehead atoms. The van der Waals surface area contributed by atoms with Crippen molar-refractivity contribution in [1.29, 1.82) is 0 Å². The van der Waals surface area contributed by atoms with E-state index < -0.39 is 0 Å². The highest BCUT2D eigenvalue weighted by Gasteiger charge is 2.26. The first-order valence-electron chi connectivity index (χ1n) is 9.08. The van der Waals surface area contributed by atoms with E-state index in [2.05, 4.69) is 26.1 Å². The maximum atomic E-state index is 12.5. The molecule has 0 aliphatic carbocycles. The molecule has 1 N–H and O–H groups in total. The second-order valence-corrected chi connectivity index (χ2v) is 8.45. The molecule has 6 heteroatoms. The highest BCUT2D eigenvalue weighted by Crippen LogP contribution is 2.28. The number of anilines is 1. The highest BCUT2D eigenvalue weighted by molar-refractivity contribution is 5.94. The van der Waals surface area contributed by atoms with Gasteiger partial charge in [0, 0.05) is 24.4 Å². The monoisotopic (exact) mass is 350 g/mol. The van der Waals surface area contributed by atoms with Crippen LogP contribution in [-0.4, -0.2) is 39.6 Å². The molecule has 1 rings (SSSR count). The molecular weight excluding hydrogens is 316 g/mol. The summed E-state index contributed by atoms with van der Waals surface area (Å²) in [6.07, 6.45) is 1.25. The quantitative estimate of drug-likeness (QED) is 0.853. The Bertz CT molecular complexity index is 606. The smallest absolute Gasteiger partial charge is 0.245 e. The number of rotatable bonds is 6. The van der Waals surface area contributed by atoms with E-state index in [1.165, 1.54) is 0 Å². The summed E-state index contributed by atoms with van der Waals surface area (Å²) in [4.78, 5) is 26.1. The van der Waals surface area contributed by atoms with Gasteiger partial charge in [0.15, 0.2) is 0 Å². The summed E-state index contributed by atoms with van der Waals surface area (Å²) >= 11 is 0. The number of hydrogen-bond acceptors (Lipinski definition) is 3. The van der Waals surface area contributed by atoms with Crippen LogP contribution in [0.1, 0.15) is 73.9 Å². The van der Waals surface area contributed by atoms with Crippen molar-refractivity contribution in [3.8, 4) is 0 Å². The molecule has 6 nitrogen and oxygen atoms in total. The standard InChI is InChI=1S/C19H34N4O2/c1-9-11-17(25)22(10-2)13-16(24)20-15-12-14(18(3,4)5)21-23(15)19(6,7)8/h12H,9-11,13H2,1-8H3,(H,20,24). The second-order valence-electron chi connectivity index (χ2n) is 8.45. The lowest BCUT2D eigenvalue weighted by atomic mass is 9.92. The zero-order valence-electron chi connectivity index (χ0n) is 17.1. The molecular formula is C19H34N4O2. The fourth-order valence-corrected chi connectivity index (χ4v) is 2.45. The van der Waals surface area contributed by atoms with Crippen LogP contribution in [-0.2, 0) is 20.5 Å². The fraction of sp³-hybridized carbons (Fsp3) is 0.737. The first-order valence-corrected chi connectivity index (χ1v) is 9.08. The van der Waals surface area contributed by atoms with Crippen LogP contribution in [0.3, 0.4) is 0 Å². The van der Waals surface area contributed by atoms with Crippen LogP contribution in [0.25, 0.3) is 0 Å². The van der Waals surface area contributed by atoms with Crippen molar-refractivity contribution in [3.05, 3.63) is 11.8 Å². The predicted octanol–water partition coefficient (Wildman–Crippen LogP) is 3.52. The van der Waals surface area contributed by atoms with Gasteiger partial charge >= 0.3 is 0 Å². The number of amides is 2. The predicted molar refractivity (Wildman–Crippen MR) is 102 cm³/mol. The van der Waals surface area contributed by atoms with Gasteiger partial charge in [0.05, 0.1) is 17.8 Å². The number of nitrogens with zero attached hydrogens (tertiary/aromatic N) is 3. The molecule has 0 saturated heterocycles. The molecule has 142 valence electrons. The third-order valence-electron chi connectivity index (χ3n) is 3.91. The van der Waals surface area contributed by atoms with Crippen molar-refractivity contribution in [2.75, 3.05) is 18.4 Å². The lowest BCUT2D eigenvalue weighted by Gasteiger charge is -2.24. The molecule has 0 atom stereocenters. The molecule has 1 aromatic rings. The van der Waals surface area contributed by atoms with Crippen LogP contribution in [0.4, 0.5) is 5.82 Å². The number of hydrogen-bond donors (Lipinski definition) is 1. The van der Waals surface area contributed by atoms with Gasteiger partial charge in [-0.25, -0.2) is 4.68 Å². The van der Waals surface area contributed by atoms with Crippen LogP contribution in [0, 0.1) is 0 Å². The molecule has 2 amide bonds. The van der Waals surface area contributed by atoms with E-state index in [0.717, 1.165) is 12.1 Å². The third kappa shape index (κ3) is 5.87. The molecule has 1 aromatic heterocycles. The summed E-state index contributed by atoms with van der Waals surface area (Å²) < 4.78 is 1.84. The van der Waals surface area contributed by atoms with E-state index in [0.29, 0.717) is 18.8 Å². The van der Waals surface area contributed by atoms with Gasteiger partial charge in [-0.3, -0.25) is 9.59 Å². The van der Waals surface area contributed by atoms with Crippen molar-refractivity contribution in [2.24, 2.45) is 0 Å². The van der Waals surface area contributed by atoms with Crippen molar-refractivity contribution >= 4 is 17.6 Å². The Morgan fingerprint density at radius 2 is 1.76 bits per heavy atom. The maximum Gasteiger partial charge on any atom is 0.245 e. The van der Waals surface area contributed by atoms with Crippen LogP contribution in [0.15, 0.2) is 6.07 Å². The van der Waals surface area contributed by atoms with Crippen LogP contribution in [0.5, 0.6) is 0 Å². The average molecular weight is 351 g/mol. The lowest BCUT2D eigenvalue weighted by Crippen LogP contribution is -2.38. The molecule has 0 aliphatic rings. The Morgan fingerprint density at radius 3 is 2.20 bits per heavy atom. The highest BCUT2D eigenvalue weighted by atomic mass is 16.2. The van der Waals surface area contributed by atoms with Gasteiger partial charge in [-0.1, -0.05) is 27.7 Å². The SMILES string of the molecule is CCCC(=O)N(CC)CC(=O)Nc1cc(C(C)(C)C)nn1C(C)(C)C. The Hall–Kier alpha value is -1.85. The summed E-state index contributed by atoms with van der Waals surface area (Å²) in [6.45, 7) is 16.9. The molecule has 0 aromatic carbocycles. The minimum Gasteiger partial charge on any atom is -0.334 e. The van der Waals surface area contributed by atoms with Crippen molar-refractivity contribution in [3.63, 3.8) is 0 Å². The van der Waals surface area contributed by atoms with Gasteiger partial charge in [0.2, 0.25) is 11.8 Å². The molecule has 0 unspecified atom stereocenters. The molecule has 0 fully saturated rings. The number of carbonyl (C=O) groups excluding carboxylic acids is 2. The van der Waals surface area contributed by atoms with Crippen molar-refractivity contribution in [2.45, 2.75) is 79.2 Å². The van der Waals surface area contributed by atoms with Crippen molar-refractivity contribution < 1.29 is 9.59 Å². The lowest BCUT2D eigenvalue weighted by molar-refractivity contribution is -0.134. The summed E-state index contributed by atoms with van der Waals surface area (Å²) in [6, 6.07) is 1.92. The van der Waals surface area contributed by atoms with E-state index >= 15 is 0 Å². The van der Waals surface area contributed by atoms with E-state index in [-0.39, 0.29) is 29.3 Å². The second kappa shape index (κ2) is 8.02. The number of aromatic nitrogens is 2. The summed E-state index contributed by atoms with van der Waals surface area (Å²) in [5, 5.41) is 7.63. The van der Waals surface area contributed by atoms with Gasteiger partial charge < -0.3 is 10.2 Å². The van der Waals surface area contributed by atoms with Gasteiger partial charge in [-0.05, 0) is 34.1 Å². The van der Waals surface area contributed by atoms with Gasteiger partial charge in [-0.15, -0.1) is 0 Å². The first kappa shape index (κ1) is 21.2. The number of likely N-dealkylation sites (N-methyl/N-ethyl adjacent to an activating group) is 1. The molecule has 0 spiro atoms. The first-order chi connectivity index (χ1) is 11.4. The van der Waals surface area contributed by atoms with E-state index in [9.17, 15) is 9.59 Å². The number of carbonyl (C=O) groups is 2. The minimum absolute atomic E-state index is 0.0138. The van der Waals surface area contributed by atoms with Gasteiger partial charge in [0.1, 0.15) is 5.82 Å². The largest absolute Gasteiger partial charge is 0.334 e. The normalized spacial score (nSPS) is 12.2. The average Bonchev–Trinajstić information content (AvgIpc) is 2.88. The Morgan fingerprint density at radius 1 is 1.16 bits per heavy atom. The molecule has 25 heavy (non-hydrogen) atoms. The van der Waals surface area contributed by atoms with Gasteiger partial charge in [-0.2, -0.15) is 5.10 Å². The van der Waals surface area contributed by atoms with Crippen LogP contribution >= 0.6 is 0 Å². The molecule has 0 saturated carbocycles.